The Morgan fingerprint density at radius 3 is 2.44 bits per heavy atom. The predicted octanol–water partition coefficient (Wildman–Crippen LogP) is 5.72. The van der Waals surface area contributed by atoms with Crippen molar-refractivity contribution in [2.24, 2.45) is 0 Å². The van der Waals surface area contributed by atoms with Gasteiger partial charge in [0.2, 0.25) is 0 Å². The maximum atomic E-state index is 10.8. The van der Waals surface area contributed by atoms with Gasteiger partial charge in [-0.05, 0) is 61.4 Å². The summed E-state index contributed by atoms with van der Waals surface area (Å²) in [5.74, 6) is 0. The highest BCUT2D eigenvalue weighted by Gasteiger charge is 2.13. The molecule has 3 rings (SSSR count). The molecule has 0 spiro atoms. The van der Waals surface area contributed by atoms with Crippen LogP contribution in [0.2, 0.25) is 5.02 Å². The first-order valence-corrected chi connectivity index (χ1v) is 8.60. The molecular weight excluding hydrogens is 362 g/mol. The summed E-state index contributed by atoms with van der Waals surface area (Å²) in [4.78, 5) is 10.3. The summed E-state index contributed by atoms with van der Waals surface area (Å²) in [7, 11) is 0. The van der Waals surface area contributed by atoms with E-state index in [0.717, 1.165) is 22.6 Å². The lowest BCUT2D eigenvalue weighted by molar-refractivity contribution is -0.384. The summed E-state index contributed by atoms with van der Waals surface area (Å²) in [6.07, 6.45) is 1.79. The molecule has 5 nitrogen and oxygen atoms in total. The number of benzene rings is 2. The summed E-state index contributed by atoms with van der Waals surface area (Å²) in [5.41, 5.74) is 4.77. The fourth-order valence-corrected chi connectivity index (χ4v) is 3.26. The van der Waals surface area contributed by atoms with Crippen LogP contribution in [0.25, 0.3) is 17.3 Å². The number of non-ortho nitro benzene ring substituents is 1. The molecule has 27 heavy (non-hydrogen) atoms. The van der Waals surface area contributed by atoms with E-state index in [2.05, 4.69) is 6.07 Å². The first-order valence-electron chi connectivity index (χ1n) is 8.23. The first-order chi connectivity index (χ1) is 12.9. The topological polar surface area (TPSA) is 71.9 Å². The maximum absolute atomic E-state index is 10.8. The molecule has 0 amide bonds. The van der Waals surface area contributed by atoms with Crippen molar-refractivity contribution in [3.8, 4) is 11.8 Å². The Bertz CT molecular complexity index is 1090. The molecular formula is C21H16ClN3O2. The van der Waals surface area contributed by atoms with Crippen LogP contribution in [-0.4, -0.2) is 9.49 Å². The molecule has 0 aliphatic heterocycles. The van der Waals surface area contributed by atoms with Gasteiger partial charge in [0, 0.05) is 23.5 Å². The molecule has 0 aliphatic carbocycles. The van der Waals surface area contributed by atoms with E-state index in [-0.39, 0.29) is 5.69 Å². The summed E-state index contributed by atoms with van der Waals surface area (Å²) in [6, 6.07) is 17.7. The molecule has 1 aromatic heterocycles. The third-order valence-electron chi connectivity index (χ3n) is 4.37. The van der Waals surface area contributed by atoms with E-state index in [1.54, 1.807) is 18.2 Å². The van der Waals surface area contributed by atoms with E-state index in [9.17, 15) is 15.4 Å². The zero-order chi connectivity index (χ0) is 19.6. The lowest BCUT2D eigenvalue weighted by Gasteiger charge is -2.11. The molecule has 0 fully saturated rings. The first kappa shape index (κ1) is 18.4. The third-order valence-corrected chi connectivity index (χ3v) is 4.69. The fourth-order valence-electron chi connectivity index (χ4n) is 3.04. The molecule has 0 atom stereocenters. The minimum atomic E-state index is -0.462. The maximum Gasteiger partial charge on any atom is 0.269 e. The van der Waals surface area contributed by atoms with Crippen molar-refractivity contribution in [3.05, 3.63) is 92.2 Å². The summed E-state index contributed by atoms with van der Waals surface area (Å²) in [5, 5.41) is 21.0. The Morgan fingerprint density at radius 1 is 1.19 bits per heavy atom. The van der Waals surface area contributed by atoms with Gasteiger partial charge < -0.3 is 4.57 Å². The van der Waals surface area contributed by atoms with Crippen LogP contribution in [0.5, 0.6) is 0 Å². The summed E-state index contributed by atoms with van der Waals surface area (Å²) < 4.78 is 2.04. The number of aryl methyl sites for hydroxylation is 1. The predicted molar refractivity (Wildman–Crippen MR) is 107 cm³/mol. The summed E-state index contributed by atoms with van der Waals surface area (Å²) in [6.45, 7) is 3.94. The zero-order valence-corrected chi connectivity index (χ0v) is 15.6. The number of nitriles is 1. The average Bonchev–Trinajstić information content (AvgIpc) is 2.93. The van der Waals surface area contributed by atoms with Gasteiger partial charge in [-0.1, -0.05) is 23.7 Å². The van der Waals surface area contributed by atoms with Gasteiger partial charge in [0.05, 0.1) is 27.3 Å². The Morgan fingerprint density at radius 2 is 1.85 bits per heavy atom. The number of aromatic nitrogens is 1. The monoisotopic (exact) mass is 377 g/mol. The van der Waals surface area contributed by atoms with Crippen LogP contribution >= 0.6 is 11.6 Å². The van der Waals surface area contributed by atoms with Crippen LogP contribution in [0.4, 0.5) is 5.69 Å². The highest BCUT2D eigenvalue weighted by atomic mass is 35.5. The van der Waals surface area contributed by atoms with E-state index >= 15 is 0 Å². The number of allylic oxidation sites excluding steroid dienone is 1. The van der Waals surface area contributed by atoms with Crippen molar-refractivity contribution in [3.63, 3.8) is 0 Å². The Labute approximate surface area is 161 Å². The number of hydrogen-bond acceptors (Lipinski definition) is 3. The van der Waals surface area contributed by atoms with E-state index < -0.39 is 4.92 Å². The van der Waals surface area contributed by atoms with Gasteiger partial charge in [-0.15, -0.1) is 0 Å². The van der Waals surface area contributed by atoms with Crippen LogP contribution in [0, 0.1) is 35.3 Å². The number of rotatable bonds is 4. The largest absolute Gasteiger partial charge is 0.316 e. The Balaban J connectivity index is 2.06. The quantitative estimate of drug-likeness (QED) is 0.331. The van der Waals surface area contributed by atoms with Gasteiger partial charge in [0.15, 0.2) is 0 Å². The van der Waals surface area contributed by atoms with Crippen molar-refractivity contribution in [1.82, 2.24) is 4.57 Å². The molecule has 134 valence electrons. The van der Waals surface area contributed by atoms with E-state index in [4.69, 9.17) is 11.6 Å². The molecule has 0 radical (unpaired) electrons. The molecule has 0 unspecified atom stereocenters. The molecule has 0 saturated carbocycles. The number of hydrogen-bond donors (Lipinski definition) is 0. The second-order valence-electron chi connectivity index (χ2n) is 6.09. The molecule has 0 saturated heterocycles. The van der Waals surface area contributed by atoms with Crippen LogP contribution in [0.3, 0.4) is 0 Å². The van der Waals surface area contributed by atoms with Gasteiger partial charge in [0.25, 0.3) is 5.69 Å². The molecule has 2 aromatic carbocycles. The van der Waals surface area contributed by atoms with Crippen molar-refractivity contribution >= 4 is 28.9 Å². The number of nitro benzene ring substituents is 1. The van der Waals surface area contributed by atoms with Crippen molar-refractivity contribution in [2.45, 2.75) is 13.8 Å². The van der Waals surface area contributed by atoms with E-state index in [1.807, 2.05) is 48.7 Å². The number of halogens is 1. The second kappa shape index (κ2) is 7.48. The van der Waals surface area contributed by atoms with E-state index in [1.165, 1.54) is 12.1 Å². The van der Waals surface area contributed by atoms with E-state index in [0.29, 0.717) is 16.2 Å². The Kier molecular flexibility index (Phi) is 5.11. The third kappa shape index (κ3) is 3.62. The van der Waals surface area contributed by atoms with Gasteiger partial charge in [-0.25, -0.2) is 0 Å². The molecule has 1 heterocycles. The summed E-state index contributed by atoms with van der Waals surface area (Å²) >= 11 is 6.34. The number of nitrogens with zero attached hydrogens (tertiary/aromatic N) is 3. The Hall–Kier alpha value is -3.36. The highest BCUT2D eigenvalue weighted by Crippen LogP contribution is 2.29. The standard InChI is InChI=1S/C21H16ClN3O2/c1-14-11-17(15(2)24(14)21-6-4-3-5-20(21)22)12-18(13-23)16-7-9-19(10-8-16)25(26)27/h3-12H,1-2H3/b18-12-. The lowest BCUT2D eigenvalue weighted by atomic mass is 10.0. The number of para-hydroxylation sites is 1. The van der Waals surface area contributed by atoms with Crippen LogP contribution in [0.1, 0.15) is 22.5 Å². The number of nitro groups is 1. The van der Waals surface area contributed by atoms with Crippen LogP contribution in [0.15, 0.2) is 54.6 Å². The highest BCUT2D eigenvalue weighted by molar-refractivity contribution is 6.32. The smallest absolute Gasteiger partial charge is 0.269 e. The second-order valence-corrected chi connectivity index (χ2v) is 6.49. The van der Waals surface area contributed by atoms with Gasteiger partial charge in [-0.3, -0.25) is 10.1 Å². The molecule has 0 bridgehead atoms. The molecule has 3 aromatic rings. The van der Waals surface area contributed by atoms with Gasteiger partial charge in [-0.2, -0.15) is 5.26 Å². The van der Waals surface area contributed by atoms with Gasteiger partial charge >= 0.3 is 0 Å². The van der Waals surface area contributed by atoms with Crippen LogP contribution in [-0.2, 0) is 0 Å². The minimum absolute atomic E-state index is 0.00654. The fraction of sp³-hybridized carbons (Fsp3) is 0.0952. The SMILES string of the molecule is Cc1cc(/C=C(/C#N)c2ccc([N+](=O)[O-])cc2)c(C)n1-c1ccccc1Cl. The molecule has 6 heteroatoms. The average molecular weight is 378 g/mol. The van der Waals surface area contributed by atoms with Crippen molar-refractivity contribution in [2.75, 3.05) is 0 Å². The van der Waals surface area contributed by atoms with Crippen LogP contribution < -0.4 is 0 Å². The van der Waals surface area contributed by atoms with Crippen molar-refractivity contribution < 1.29 is 4.92 Å². The van der Waals surface area contributed by atoms with Crippen molar-refractivity contribution in [1.29, 1.82) is 5.26 Å². The van der Waals surface area contributed by atoms with Gasteiger partial charge in [0.1, 0.15) is 0 Å². The zero-order valence-electron chi connectivity index (χ0n) is 14.8. The minimum Gasteiger partial charge on any atom is -0.316 e. The lowest BCUT2D eigenvalue weighted by Crippen LogP contribution is -1.99. The normalized spacial score (nSPS) is 11.3. The molecule has 0 N–H and O–H groups in total. The molecule has 0 aliphatic rings.